The first-order chi connectivity index (χ1) is 10.6. The van der Waals surface area contributed by atoms with E-state index in [1.807, 2.05) is 0 Å². The van der Waals surface area contributed by atoms with Gasteiger partial charge >= 0.3 is 0 Å². The van der Waals surface area contributed by atoms with Crippen molar-refractivity contribution in [2.45, 2.75) is 38.5 Å². The zero-order valence-corrected chi connectivity index (χ0v) is 12.7. The van der Waals surface area contributed by atoms with Crippen molar-refractivity contribution in [2.75, 3.05) is 12.4 Å². The molecule has 1 saturated carbocycles. The van der Waals surface area contributed by atoms with Gasteiger partial charge in [-0.2, -0.15) is 0 Å². The fraction of sp³-hybridized carbons (Fsp3) is 0.471. The number of benzene rings is 1. The molecule has 0 bridgehead atoms. The van der Waals surface area contributed by atoms with Crippen molar-refractivity contribution in [2.24, 2.45) is 5.92 Å². The molecular weight excluding hydrogens is 280 g/mol. The number of fused-ring (bicyclic) bond motifs is 1. The highest BCUT2D eigenvalue weighted by atomic mass is 16.2. The van der Waals surface area contributed by atoms with Gasteiger partial charge in [-0.1, -0.05) is 25.7 Å². The standard InChI is InChI=1S/C17H20N2O3/c1-19-16(21)13-8-7-12(10-14(13)17(19)22)18-15(20)9-6-11-4-2-3-5-11/h7-8,10-11H,2-6,9H2,1H3,(H,18,20). The van der Waals surface area contributed by atoms with Crippen molar-refractivity contribution in [3.05, 3.63) is 29.3 Å². The molecule has 3 rings (SSSR count). The Hall–Kier alpha value is -2.17. The molecule has 3 amide bonds. The fourth-order valence-corrected chi connectivity index (χ4v) is 3.30. The first kappa shape index (κ1) is 14.8. The van der Waals surface area contributed by atoms with E-state index in [0.717, 1.165) is 11.3 Å². The summed E-state index contributed by atoms with van der Waals surface area (Å²) >= 11 is 0. The summed E-state index contributed by atoms with van der Waals surface area (Å²) in [6, 6.07) is 4.87. The summed E-state index contributed by atoms with van der Waals surface area (Å²) in [7, 11) is 1.46. The van der Waals surface area contributed by atoms with E-state index < -0.39 is 0 Å². The van der Waals surface area contributed by atoms with E-state index in [9.17, 15) is 14.4 Å². The monoisotopic (exact) mass is 300 g/mol. The number of nitrogens with one attached hydrogen (secondary N) is 1. The highest BCUT2D eigenvalue weighted by Crippen LogP contribution is 2.29. The lowest BCUT2D eigenvalue weighted by molar-refractivity contribution is -0.116. The Morgan fingerprint density at radius 3 is 2.59 bits per heavy atom. The zero-order valence-electron chi connectivity index (χ0n) is 12.7. The summed E-state index contributed by atoms with van der Waals surface area (Å²) < 4.78 is 0. The largest absolute Gasteiger partial charge is 0.326 e. The lowest BCUT2D eigenvalue weighted by atomic mass is 10.0. The summed E-state index contributed by atoms with van der Waals surface area (Å²) in [5.41, 5.74) is 1.34. The smallest absolute Gasteiger partial charge is 0.261 e. The van der Waals surface area contributed by atoms with Crippen molar-refractivity contribution >= 4 is 23.4 Å². The third-order valence-corrected chi connectivity index (χ3v) is 4.63. The Balaban J connectivity index is 1.63. The van der Waals surface area contributed by atoms with Gasteiger partial charge in [0.25, 0.3) is 11.8 Å². The summed E-state index contributed by atoms with van der Waals surface area (Å²) in [5, 5.41) is 2.82. The Morgan fingerprint density at radius 1 is 1.18 bits per heavy atom. The highest BCUT2D eigenvalue weighted by Gasteiger charge is 2.32. The molecule has 5 nitrogen and oxygen atoms in total. The normalized spacial score (nSPS) is 18.0. The van der Waals surface area contributed by atoms with E-state index in [1.54, 1.807) is 18.2 Å². The van der Waals surface area contributed by atoms with E-state index in [0.29, 0.717) is 29.2 Å². The van der Waals surface area contributed by atoms with Gasteiger partial charge in [0.15, 0.2) is 0 Å². The van der Waals surface area contributed by atoms with Crippen LogP contribution in [0.2, 0.25) is 0 Å². The van der Waals surface area contributed by atoms with E-state index in [4.69, 9.17) is 0 Å². The maximum Gasteiger partial charge on any atom is 0.261 e. The van der Waals surface area contributed by atoms with Gasteiger partial charge in [0.2, 0.25) is 5.91 Å². The van der Waals surface area contributed by atoms with E-state index in [1.165, 1.54) is 32.7 Å². The average Bonchev–Trinajstić information content (AvgIpc) is 3.10. The lowest BCUT2D eigenvalue weighted by Gasteiger charge is -2.09. The Labute approximate surface area is 129 Å². The van der Waals surface area contributed by atoms with Gasteiger partial charge in [-0.25, -0.2) is 0 Å². The van der Waals surface area contributed by atoms with Crippen molar-refractivity contribution in [3.63, 3.8) is 0 Å². The second-order valence-electron chi connectivity index (χ2n) is 6.17. The number of carbonyl (C=O) groups excluding carboxylic acids is 3. The van der Waals surface area contributed by atoms with E-state index in [-0.39, 0.29) is 17.7 Å². The summed E-state index contributed by atoms with van der Waals surface area (Å²) in [6.45, 7) is 0. The topological polar surface area (TPSA) is 66.5 Å². The first-order valence-corrected chi connectivity index (χ1v) is 7.82. The Kier molecular flexibility index (Phi) is 3.96. The predicted molar refractivity (Wildman–Crippen MR) is 82.7 cm³/mol. The van der Waals surface area contributed by atoms with Gasteiger partial charge in [-0.3, -0.25) is 19.3 Å². The first-order valence-electron chi connectivity index (χ1n) is 7.82. The maximum absolute atomic E-state index is 12.0. The van der Waals surface area contributed by atoms with Crippen molar-refractivity contribution < 1.29 is 14.4 Å². The number of amides is 3. The van der Waals surface area contributed by atoms with Crippen LogP contribution in [0.25, 0.3) is 0 Å². The quantitative estimate of drug-likeness (QED) is 0.869. The Morgan fingerprint density at radius 2 is 1.86 bits per heavy atom. The molecule has 0 aromatic heterocycles. The molecule has 1 aromatic carbocycles. The van der Waals surface area contributed by atoms with Crippen molar-refractivity contribution in [1.29, 1.82) is 0 Å². The molecule has 1 N–H and O–H groups in total. The third kappa shape index (κ3) is 2.75. The lowest BCUT2D eigenvalue weighted by Crippen LogP contribution is -2.24. The molecule has 0 spiro atoms. The van der Waals surface area contributed by atoms with Gasteiger partial charge < -0.3 is 5.32 Å². The molecule has 1 aromatic rings. The molecule has 0 atom stereocenters. The number of carbonyl (C=O) groups is 3. The van der Waals surface area contributed by atoms with Crippen LogP contribution in [-0.4, -0.2) is 29.7 Å². The number of hydrogen-bond acceptors (Lipinski definition) is 3. The molecule has 0 unspecified atom stereocenters. The molecule has 0 saturated heterocycles. The molecular formula is C17H20N2O3. The van der Waals surface area contributed by atoms with Crippen LogP contribution in [0.3, 0.4) is 0 Å². The van der Waals surface area contributed by atoms with E-state index in [2.05, 4.69) is 5.32 Å². The van der Waals surface area contributed by atoms with Crippen molar-refractivity contribution in [3.8, 4) is 0 Å². The average molecular weight is 300 g/mol. The highest BCUT2D eigenvalue weighted by molar-refractivity contribution is 6.21. The number of imide groups is 1. The summed E-state index contributed by atoms with van der Waals surface area (Å²) in [6.07, 6.45) is 6.46. The minimum absolute atomic E-state index is 0.0306. The van der Waals surface area contributed by atoms with Crippen LogP contribution in [0.4, 0.5) is 5.69 Å². The maximum atomic E-state index is 12.0. The molecule has 116 valence electrons. The summed E-state index contributed by atoms with van der Waals surface area (Å²) in [5.74, 6) is 0.0387. The fourth-order valence-electron chi connectivity index (χ4n) is 3.30. The molecule has 0 radical (unpaired) electrons. The zero-order chi connectivity index (χ0) is 15.7. The van der Waals surface area contributed by atoms with Gasteiger partial charge in [-0.15, -0.1) is 0 Å². The van der Waals surface area contributed by atoms with Gasteiger partial charge in [-0.05, 0) is 30.5 Å². The minimum atomic E-state index is -0.318. The van der Waals surface area contributed by atoms with Crippen LogP contribution < -0.4 is 5.32 Å². The van der Waals surface area contributed by atoms with Crippen LogP contribution in [0.15, 0.2) is 18.2 Å². The number of hydrogen-bond donors (Lipinski definition) is 1. The van der Waals surface area contributed by atoms with Crippen LogP contribution in [0.1, 0.15) is 59.2 Å². The van der Waals surface area contributed by atoms with E-state index >= 15 is 0 Å². The molecule has 5 heteroatoms. The number of rotatable bonds is 4. The van der Waals surface area contributed by atoms with Crippen LogP contribution in [0, 0.1) is 5.92 Å². The van der Waals surface area contributed by atoms with Gasteiger partial charge in [0.1, 0.15) is 0 Å². The van der Waals surface area contributed by atoms with Gasteiger partial charge in [0.05, 0.1) is 11.1 Å². The molecule has 1 aliphatic heterocycles. The summed E-state index contributed by atoms with van der Waals surface area (Å²) in [4.78, 5) is 36.8. The number of nitrogens with zero attached hydrogens (tertiary/aromatic N) is 1. The molecule has 1 heterocycles. The second kappa shape index (κ2) is 5.91. The third-order valence-electron chi connectivity index (χ3n) is 4.63. The molecule has 2 aliphatic rings. The van der Waals surface area contributed by atoms with Crippen molar-refractivity contribution in [1.82, 2.24) is 4.90 Å². The molecule has 1 fully saturated rings. The molecule has 22 heavy (non-hydrogen) atoms. The SMILES string of the molecule is CN1C(=O)c2ccc(NC(=O)CCC3CCCC3)cc2C1=O. The Bertz CT molecular complexity index is 633. The second-order valence-corrected chi connectivity index (χ2v) is 6.17. The molecule has 1 aliphatic carbocycles. The van der Waals surface area contributed by atoms with Crippen LogP contribution >= 0.6 is 0 Å². The minimum Gasteiger partial charge on any atom is -0.326 e. The van der Waals surface area contributed by atoms with Gasteiger partial charge in [0, 0.05) is 19.2 Å². The van der Waals surface area contributed by atoms with Crippen LogP contribution in [0.5, 0.6) is 0 Å². The predicted octanol–water partition coefficient (Wildman–Crippen LogP) is 2.82. The van der Waals surface area contributed by atoms with Crippen LogP contribution in [-0.2, 0) is 4.79 Å². The number of anilines is 1.